The molecule has 0 aliphatic carbocycles. The average Bonchev–Trinajstić information content (AvgIpc) is 2.75. The quantitative estimate of drug-likeness (QED) is 0.843. The highest BCUT2D eigenvalue weighted by molar-refractivity contribution is 5.34. The summed E-state index contributed by atoms with van der Waals surface area (Å²) in [6.45, 7) is 6.15. The van der Waals surface area contributed by atoms with Crippen LogP contribution in [-0.4, -0.2) is 19.3 Å². The fourth-order valence-electron chi connectivity index (χ4n) is 2.09. The van der Waals surface area contributed by atoms with Crippen LogP contribution in [0.2, 0.25) is 0 Å². The number of aryl methyl sites for hydroxylation is 1. The Hall–Kier alpha value is -2.42. The van der Waals surface area contributed by atoms with Crippen LogP contribution in [-0.2, 0) is 13.6 Å². The molecule has 0 amide bonds. The lowest BCUT2D eigenvalue weighted by atomic mass is 10.2. The second-order valence-electron chi connectivity index (χ2n) is 5.11. The summed E-state index contributed by atoms with van der Waals surface area (Å²) in [6, 6.07) is 3.72. The monoisotopic (exact) mass is 271 g/mol. The Morgan fingerprint density at radius 1 is 1.40 bits per heavy atom. The van der Waals surface area contributed by atoms with Crippen LogP contribution in [0, 0.1) is 18.3 Å². The molecule has 0 aliphatic rings. The molecule has 2 aromatic heterocycles. The van der Waals surface area contributed by atoms with Crippen LogP contribution in [0.4, 0.5) is 0 Å². The summed E-state index contributed by atoms with van der Waals surface area (Å²) in [4.78, 5) is 12.2. The van der Waals surface area contributed by atoms with Gasteiger partial charge in [0.25, 0.3) is 5.56 Å². The Bertz CT molecular complexity index is 733. The van der Waals surface area contributed by atoms with Crippen LogP contribution in [0.3, 0.4) is 0 Å². The van der Waals surface area contributed by atoms with Gasteiger partial charge in [-0.2, -0.15) is 5.26 Å². The molecule has 20 heavy (non-hydrogen) atoms. The van der Waals surface area contributed by atoms with Crippen molar-refractivity contribution in [1.29, 1.82) is 5.26 Å². The number of aromatic nitrogens is 4. The van der Waals surface area contributed by atoms with Crippen molar-refractivity contribution < 1.29 is 0 Å². The van der Waals surface area contributed by atoms with Crippen molar-refractivity contribution in [3.05, 3.63) is 45.4 Å². The van der Waals surface area contributed by atoms with Crippen LogP contribution in [0.25, 0.3) is 0 Å². The highest BCUT2D eigenvalue weighted by atomic mass is 16.1. The van der Waals surface area contributed by atoms with Crippen molar-refractivity contribution in [1.82, 2.24) is 19.3 Å². The topological polar surface area (TPSA) is 76.5 Å². The van der Waals surface area contributed by atoms with Gasteiger partial charge in [0, 0.05) is 19.2 Å². The summed E-state index contributed by atoms with van der Waals surface area (Å²) >= 11 is 0. The molecular formula is C14H17N5O. The standard InChI is InChI=1S/C14H17N5O/c1-9(2)13-17-16-12(18(13)4)8-19-6-5-10(3)11(7-15)14(19)20/h5-6,9H,8H2,1-4H3. The van der Waals surface area contributed by atoms with Crippen LogP contribution in [0.5, 0.6) is 0 Å². The Balaban J connectivity index is 2.42. The van der Waals surface area contributed by atoms with Gasteiger partial charge in [0.15, 0.2) is 5.82 Å². The van der Waals surface area contributed by atoms with E-state index in [4.69, 9.17) is 5.26 Å². The predicted octanol–water partition coefficient (Wildman–Crippen LogP) is 1.33. The van der Waals surface area contributed by atoms with Crippen molar-refractivity contribution >= 4 is 0 Å². The zero-order chi connectivity index (χ0) is 14.9. The highest BCUT2D eigenvalue weighted by Crippen LogP contribution is 2.12. The minimum Gasteiger partial charge on any atom is -0.316 e. The molecule has 6 nitrogen and oxygen atoms in total. The van der Waals surface area contributed by atoms with Gasteiger partial charge in [-0.15, -0.1) is 10.2 Å². The number of nitriles is 1. The van der Waals surface area contributed by atoms with Gasteiger partial charge in [-0.1, -0.05) is 13.8 Å². The molecule has 6 heteroatoms. The molecule has 2 aromatic rings. The first kappa shape index (κ1) is 14.0. The van der Waals surface area contributed by atoms with Crippen molar-refractivity contribution in [2.24, 2.45) is 7.05 Å². The molecule has 0 radical (unpaired) electrons. The molecule has 0 N–H and O–H groups in total. The third kappa shape index (κ3) is 2.35. The third-order valence-corrected chi connectivity index (χ3v) is 3.31. The van der Waals surface area contributed by atoms with E-state index in [1.165, 1.54) is 4.57 Å². The number of hydrogen-bond donors (Lipinski definition) is 0. The molecule has 0 spiro atoms. The largest absolute Gasteiger partial charge is 0.316 e. The van der Waals surface area contributed by atoms with Crippen molar-refractivity contribution in [2.45, 2.75) is 33.2 Å². The number of hydrogen-bond acceptors (Lipinski definition) is 4. The number of nitrogens with zero attached hydrogens (tertiary/aromatic N) is 5. The third-order valence-electron chi connectivity index (χ3n) is 3.31. The Morgan fingerprint density at radius 2 is 2.10 bits per heavy atom. The van der Waals surface area contributed by atoms with Crippen LogP contribution < -0.4 is 5.56 Å². The summed E-state index contributed by atoms with van der Waals surface area (Å²) in [5.41, 5.74) is 0.579. The fraction of sp³-hybridized carbons (Fsp3) is 0.429. The first-order valence-electron chi connectivity index (χ1n) is 6.44. The van der Waals surface area contributed by atoms with Gasteiger partial charge < -0.3 is 9.13 Å². The molecule has 0 fully saturated rings. The van der Waals surface area contributed by atoms with Gasteiger partial charge in [-0.3, -0.25) is 4.79 Å². The first-order chi connectivity index (χ1) is 9.45. The van der Waals surface area contributed by atoms with Crippen LogP contribution in [0.1, 0.15) is 42.5 Å². The van der Waals surface area contributed by atoms with E-state index >= 15 is 0 Å². The SMILES string of the molecule is Cc1ccn(Cc2nnc(C(C)C)n2C)c(=O)c1C#N. The minimum atomic E-state index is -0.290. The average molecular weight is 271 g/mol. The molecule has 0 aromatic carbocycles. The molecule has 0 bridgehead atoms. The van der Waals surface area contributed by atoms with E-state index in [2.05, 4.69) is 10.2 Å². The number of pyridine rings is 1. The number of rotatable bonds is 3. The van der Waals surface area contributed by atoms with Gasteiger partial charge in [0.05, 0.1) is 6.54 Å². The van der Waals surface area contributed by atoms with Crippen LogP contribution in [0.15, 0.2) is 17.1 Å². The maximum absolute atomic E-state index is 12.2. The summed E-state index contributed by atoms with van der Waals surface area (Å²) in [5.74, 6) is 1.84. The van der Waals surface area contributed by atoms with Gasteiger partial charge in [-0.05, 0) is 18.6 Å². The Morgan fingerprint density at radius 3 is 2.65 bits per heavy atom. The van der Waals surface area contributed by atoms with Gasteiger partial charge in [-0.25, -0.2) is 0 Å². The summed E-state index contributed by atoms with van der Waals surface area (Å²) in [5, 5.41) is 17.3. The van der Waals surface area contributed by atoms with E-state index in [0.29, 0.717) is 17.9 Å². The summed E-state index contributed by atoms with van der Waals surface area (Å²) in [7, 11) is 1.88. The lowest BCUT2D eigenvalue weighted by molar-refractivity contribution is 0.647. The van der Waals surface area contributed by atoms with E-state index in [-0.39, 0.29) is 17.0 Å². The maximum atomic E-state index is 12.2. The van der Waals surface area contributed by atoms with E-state index < -0.39 is 0 Å². The van der Waals surface area contributed by atoms with Crippen molar-refractivity contribution in [3.63, 3.8) is 0 Å². The minimum absolute atomic E-state index is 0.179. The smallest absolute Gasteiger partial charge is 0.269 e. The zero-order valence-corrected chi connectivity index (χ0v) is 12.1. The maximum Gasteiger partial charge on any atom is 0.269 e. The lowest BCUT2D eigenvalue weighted by Gasteiger charge is -2.08. The molecule has 0 atom stereocenters. The van der Waals surface area contributed by atoms with E-state index in [1.54, 1.807) is 19.2 Å². The van der Waals surface area contributed by atoms with Gasteiger partial charge in [0.1, 0.15) is 17.5 Å². The molecule has 104 valence electrons. The molecule has 0 saturated carbocycles. The summed E-state index contributed by atoms with van der Waals surface area (Å²) in [6.07, 6.45) is 1.68. The molecule has 0 aliphatic heterocycles. The summed E-state index contributed by atoms with van der Waals surface area (Å²) < 4.78 is 3.38. The van der Waals surface area contributed by atoms with Gasteiger partial charge in [0.2, 0.25) is 0 Å². The highest BCUT2D eigenvalue weighted by Gasteiger charge is 2.13. The molecule has 2 rings (SSSR count). The normalized spacial score (nSPS) is 10.8. The zero-order valence-electron chi connectivity index (χ0n) is 12.1. The predicted molar refractivity (Wildman–Crippen MR) is 74.3 cm³/mol. The molecule has 2 heterocycles. The second kappa shape index (κ2) is 5.29. The van der Waals surface area contributed by atoms with Crippen molar-refractivity contribution in [3.8, 4) is 6.07 Å². The van der Waals surface area contributed by atoms with E-state index in [9.17, 15) is 4.79 Å². The Labute approximate surface area is 117 Å². The van der Waals surface area contributed by atoms with E-state index in [1.807, 2.05) is 31.5 Å². The Kier molecular flexibility index (Phi) is 3.70. The lowest BCUT2D eigenvalue weighted by Crippen LogP contribution is -2.24. The van der Waals surface area contributed by atoms with Crippen LogP contribution >= 0.6 is 0 Å². The fourth-order valence-corrected chi connectivity index (χ4v) is 2.09. The van der Waals surface area contributed by atoms with E-state index in [0.717, 1.165) is 5.82 Å². The van der Waals surface area contributed by atoms with Crippen molar-refractivity contribution in [2.75, 3.05) is 0 Å². The molecular weight excluding hydrogens is 254 g/mol. The molecule has 0 saturated heterocycles. The first-order valence-corrected chi connectivity index (χ1v) is 6.44. The second-order valence-corrected chi connectivity index (χ2v) is 5.11. The molecule has 0 unspecified atom stereocenters. The van der Waals surface area contributed by atoms with Gasteiger partial charge >= 0.3 is 0 Å².